The first-order valence-electron chi connectivity index (χ1n) is 12.1. The molecule has 0 heterocycles. The van der Waals surface area contributed by atoms with Crippen LogP contribution in [0.25, 0.3) is 0 Å². The van der Waals surface area contributed by atoms with Gasteiger partial charge in [0.2, 0.25) is 0 Å². The van der Waals surface area contributed by atoms with Crippen LogP contribution in [0.1, 0.15) is 81.1 Å². The summed E-state index contributed by atoms with van der Waals surface area (Å²) in [6.07, 6.45) is 1.60. The number of carbonyl (C=O) groups excluding carboxylic acids is 1. The molecule has 0 N–H and O–H groups in total. The Morgan fingerprint density at radius 2 is 1.48 bits per heavy atom. The normalized spacial score (nSPS) is 12.0. The fraction of sp³-hybridized carbons (Fsp3) is 0.536. The lowest BCUT2D eigenvalue weighted by atomic mass is 9.95. The molecule has 0 amide bonds. The van der Waals surface area contributed by atoms with Gasteiger partial charge >= 0.3 is 0 Å². The zero-order valence-electron chi connectivity index (χ0n) is 22.0. The van der Waals surface area contributed by atoms with E-state index >= 15 is 0 Å². The largest absolute Gasteiger partial charge is 0.543 e. The number of carbonyl (C=O) groups is 1. The monoisotopic (exact) mass is 470 g/mol. The molecule has 4 nitrogen and oxygen atoms in total. The second kappa shape index (κ2) is 11.8. The van der Waals surface area contributed by atoms with Crippen molar-refractivity contribution in [1.82, 2.24) is 0 Å². The number of hydrogen-bond donors (Lipinski definition) is 0. The minimum atomic E-state index is -2.00. The molecule has 0 aromatic heterocycles. The number of rotatable bonds is 12. The minimum absolute atomic E-state index is 0.143. The van der Waals surface area contributed by atoms with Crippen molar-refractivity contribution in [2.24, 2.45) is 0 Å². The summed E-state index contributed by atoms with van der Waals surface area (Å²) in [7, 11) is -2.00. The van der Waals surface area contributed by atoms with E-state index in [9.17, 15) is 4.79 Å². The Kier molecular flexibility index (Phi) is 9.74. The predicted octanol–water partition coefficient (Wildman–Crippen LogP) is 7.63. The van der Waals surface area contributed by atoms with Crippen molar-refractivity contribution in [1.29, 1.82) is 0 Å². The van der Waals surface area contributed by atoms with Crippen LogP contribution in [0.15, 0.2) is 30.3 Å². The molecule has 0 aliphatic rings. The number of benzene rings is 2. The lowest BCUT2D eigenvalue weighted by Crippen LogP contribution is -2.50. The molecule has 0 saturated heterocycles. The van der Waals surface area contributed by atoms with Crippen LogP contribution in [0.4, 0.5) is 0 Å². The highest BCUT2D eigenvalue weighted by Crippen LogP contribution is 2.43. The van der Waals surface area contributed by atoms with E-state index in [0.29, 0.717) is 34.5 Å². The molecule has 0 unspecified atom stereocenters. The summed E-state index contributed by atoms with van der Waals surface area (Å²) in [5.74, 6) is 1.54. The number of aryl methyl sites for hydroxylation is 2. The van der Waals surface area contributed by atoms with E-state index in [1.807, 2.05) is 25.1 Å². The molecule has 182 valence electrons. The Morgan fingerprint density at radius 3 is 1.97 bits per heavy atom. The number of ether oxygens (including phenoxy) is 2. The van der Waals surface area contributed by atoms with E-state index in [1.54, 1.807) is 0 Å². The lowest BCUT2D eigenvalue weighted by molar-refractivity contribution is 0.0220. The van der Waals surface area contributed by atoms with Crippen molar-refractivity contribution in [3.05, 3.63) is 58.1 Å². The highest BCUT2D eigenvalue weighted by molar-refractivity contribution is 6.78. The Hall–Kier alpha value is -2.11. The molecule has 2 aromatic rings. The van der Waals surface area contributed by atoms with Crippen LogP contribution in [0.2, 0.25) is 16.6 Å². The summed E-state index contributed by atoms with van der Waals surface area (Å²) < 4.78 is 17.7. The third-order valence-corrected chi connectivity index (χ3v) is 12.8. The van der Waals surface area contributed by atoms with Crippen molar-refractivity contribution in [3.63, 3.8) is 0 Å². The van der Waals surface area contributed by atoms with Crippen molar-refractivity contribution < 1.29 is 18.7 Å². The van der Waals surface area contributed by atoms with E-state index < -0.39 is 8.32 Å². The van der Waals surface area contributed by atoms with Crippen LogP contribution in [0.5, 0.6) is 11.5 Å². The van der Waals surface area contributed by atoms with Gasteiger partial charge in [-0.3, -0.25) is 4.79 Å². The Bertz CT molecular complexity index is 889. The molecule has 2 rings (SSSR count). The van der Waals surface area contributed by atoms with Crippen molar-refractivity contribution >= 4 is 14.6 Å². The molecule has 0 atom stereocenters. The molecule has 0 bridgehead atoms. The molecule has 33 heavy (non-hydrogen) atoms. The highest BCUT2D eigenvalue weighted by atomic mass is 28.4. The van der Waals surface area contributed by atoms with Gasteiger partial charge in [0.25, 0.3) is 8.32 Å². The highest BCUT2D eigenvalue weighted by Gasteiger charge is 2.47. The van der Waals surface area contributed by atoms with Gasteiger partial charge in [-0.15, -0.1) is 0 Å². The smallest absolute Gasteiger partial charge is 0.258 e. The number of aldehydes is 1. The molecular formula is C28H42O4Si. The quantitative estimate of drug-likeness (QED) is 0.138. The standard InChI is InChI=1S/C28H42O4Si/c1-10-30-18-31-28-12-11-24(15-25(28)17-29)16-27-22(8)13-26(14-23(27)9)32-33(19(2)3,20(4)5)21(6)7/h11-15,17,19-21H,10,16,18H2,1-9H3. The second-order valence-corrected chi connectivity index (χ2v) is 15.3. The first-order valence-corrected chi connectivity index (χ1v) is 14.3. The zero-order valence-corrected chi connectivity index (χ0v) is 23.0. The van der Waals surface area contributed by atoms with Gasteiger partial charge < -0.3 is 13.9 Å². The van der Waals surface area contributed by atoms with Gasteiger partial charge in [0.05, 0.1) is 5.56 Å². The minimum Gasteiger partial charge on any atom is -0.543 e. The van der Waals surface area contributed by atoms with Crippen LogP contribution in [0.3, 0.4) is 0 Å². The SMILES string of the molecule is CCOCOc1ccc(Cc2c(C)cc(O[Si](C(C)C)(C(C)C)C(C)C)cc2C)cc1C=O. The number of hydrogen-bond acceptors (Lipinski definition) is 4. The summed E-state index contributed by atoms with van der Waals surface area (Å²) in [4.78, 5) is 11.6. The lowest BCUT2D eigenvalue weighted by Gasteiger charge is -2.42. The van der Waals surface area contributed by atoms with Crippen LogP contribution >= 0.6 is 0 Å². The van der Waals surface area contributed by atoms with Crippen molar-refractivity contribution in [3.8, 4) is 11.5 Å². The van der Waals surface area contributed by atoms with E-state index in [4.69, 9.17) is 13.9 Å². The summed E-state index contributed by atoms with van der Waals surface area (Å²) in [6.45, 7) is 20.8. The maximum absolute atomic E-state index is 11.6. The Morgan fingerprint density at radius 1 is 0.909 bits per heavy atom. The van der Waals surface area contributed by atoms with E-state index in [-0.39, 0.29) is 6.79 Å². The van der Waals surface area contributed by atoms with Gasteiger partial charge in [-0.25, -0.2) is 0 Å². The third-order valence-electron chi connectivity index (χ3n) is 6.76. The zero-order chi connectivity index (χ0) is 24.8. The Balaban J connectivity index is 2.31. The van der Waals surface area contributed by atoms with Gasteiger partial charge in [-0.1, -0.05) is 47.6 Å². The van der Waals surface area contributed by atoms with Crippen LogP contribution in [-0.2, 0) is 11.2 Å². The van der Waals surface area contributed by atoms with Gasteiger partial charge in [0.15, 0.2) is 13.1 Å². The van der Waals surface area contributed by atoms with Gasteiger partial charge in [-0.05, 0) is 90.3 Å². The predicted molar refractivity (Wildman–Crippen MR) is 139 cm³/mol. The molecule has 0 fully saturated rings. The van der Waals surface area contributed by atoms with Crippen LogP contribution in [0, 0.1) is 13.8 Å². The average Bonchev–Trinajstić information content (AvgIpc) is 2.74. The third kappa shape index (κ3) is 6.27. The van der Waals surface area contributed by atoms with Crippen molar-refractivity contribution in [2.45, 2.75) is 85.4 Å². The molecule has 0 aliphatic carbocycles. The topological polar surface area (TPSA) is 44.8 Å². The maximum atomic E-state index is 11.6. The summed E-state index contributed by atoms with van der Waals surface area (Å²) >= 11 is 0. The fourth-order valence-corrected chi connectivity index (χ4v) is 10.4. The van der Waals surface area contributed by atoms with E-state index in [1.165, 1.54) is 16.7 Å². The van der Waals surface area contributed by atoms with Gasteiger partial charge in [0.1, 0.15) is 11.5 Å². The first kappa shape index (κ1) is 27.1. The molecule has 2 aromatic carbocycles. The molecule has 0 aliphatic heterocycles. The van der Waals surface area contributed by atoms with Gasteiger partial charge in [-0.2, -0.15) is 0 Å². The maximum Gasteiger partial charge on any atom is 0.258 e. The van der Waals surface area contributed by atoms with E-state index in [0.717, 1.165) is 24.0 Å². The fourth-order valence-electron chi connectivity index (χ4n) is 5.17. The van der Waals surface area contributed by atoms with Crippen molar-refractivity contribution in [2.75, 3.05) is 13.4 Å². The average molecular weight is 471 g/mol. The van der Waals surface area contributed by atoms with Crippen LogP contribution < -0.4 is 9.16 Å². The molecule has 0 spiro atoms. The Labute approximate surface area is 201 Å². The van der Waals surface area contributed by atoms with E-state index in [2.05, 4.69) is 67.5 Å². The summed E-state index contributed by atoms with van der Waals surface area (Å²) in [5.41, 5.74) is 6.92. The first-order chi connectivity index (χ1) is 15.6. The van der Waals surface area contributed by atoms with Gasteiger partial charge in [0, 0.05) is 6.61 Å². The van der Waals surface area contributed by atoms with Crippen LogP contribution in [-0.4, -0.2) is 28.0 Å². The second-order valence-electron chi connectivity index (χ2n) is 9.88. The summed E-state index contributed by atoms with van der Waals surface area (Å²) in [5, 5.41) is 0. The summed E-state index contributed by atoms with van der Waals surface area (Å²) in [6, 6.07) is 10.2. The molecule has 0 saturated carbocycles. The molecule has 0 radical (unpaired) electrons. The molecular weight excluding hydrogens is 428 g/mol. The molecule has 5 heteroatoms.